The standard InChI is InChI=1S/C15H15F3N2O6S.C10H9N/c16-15(17,18)25-10-1-3-11(4-2-10)27(23,24)20-7-5-14(6-8-20)9-12(13(21)22)19-26-14;11-10-6-5-8-3-1-2-4-9(8)7-10/h1-4H,5-9H2,(H,21,22);1-7H,11H2. The van der Waals surface area contributed by atoms with E-state index in [2.05, 4.69) is 22.0 Å². The number of nitrogen functional groups attached to an aromatic ring is 1. The topological polar surface area (TPSA) is 132 Å². The highest BCUT2D eigenvalue weighted by Gasteiger charge is 2.45. The van der Waals surface area contributed by atoms with E-state index in [1.165, 1.54) is 15.1 Å². The number of piperidine rings is 1. The predicted octanol–water partition coefficient (Wildman–Crippen LogP) is 4.39. The number of fused-ring (bicyclic) bond motifs is 1. The molecule has 0 bridgehead atoms. The maximum absolute atomic E-state index is 12.7. The highest BCUT2D eigenvalue weighted by atomic mass is 32.2. The van der Waals surface area contributed by atoms with Crippen molar-refractivity contribution in [2.75, 3.05) is 18.8 Å². The molecule has 0 atom stereocenters. The molecule has 1 fully saturated rings. The minimum atomic E-state index is -4.86. The van der Waals surface area contributed by atoms with Crippen LogP contribution in [0.5, 0.6) is 5.75 Å². The Balaban J connectivity index is 0.000000253. The normalized spacial score (nSPS) is 17.3. The molecule has 0 amide bonds. The van der Waals surface area contributed by atoms with Gasteiger partial charge in [0.1, 0.15) is 11.4 Å². The molecule has 0 saturated carbocycles. The van der Waals surface area contributed by atoms with Crippen LogP contribution in [0.4, 0.5) is 18.9 Å². The number of sulfonamides is 1. The van der Waals surface area contributed by atoms with E-state index in [9.17, 15) is 26.4 Å². The lowest BCUT2D eigenvalue weighted by atomic mass is 9.88. The van der Waals surface area contributed by atoms with Crippen molar-refractivity contribution in [1.82, 2.24) is 4.31 Å². The van der Waals surface area contributed by atoms with Gasteiger partial charge in [-0.2, -0.15) is 4.31 Å². The fraction of sp³-hybridized carbons (Fsp3) is 0.280. The molecule has 202 valence electrons. The van der Waals surface area contributed by atoms with Crippen LogP contribution in [0.2, 0.25) is 0 Å². The number of hydrogen-bond donors (Lipinski definition) is 2. The van der Waals surface area contributed by atoms with Crippen molar-refractivity contribution in [2.24, 2.45) is 5.16 Å². The van der Waals surface area contributed by atoms with Gasteiger partial charge in [0.2, 0.25) is 10.0 Å². The number of oxime groups is 1. The van der Waals surface area contributed by atoms with Crippen LogP contribution in [-0.2, 0) is 19.7 Å². The Hall–Kier alpha value is -3.84. The van der Waals surface area contributed by atoms with Crippen LogP contribution in [-0.4, -0.2) is 54.6 Å². The van der Waals surface area contributed by atoms with Gasteiger partial charge in [0.15, 0.2) is 5.71 Å². The summed E-state index contributed by atoms with van der Waals surface area (Å²) in [6.07, 6.45) is -4.26. The van der Waals surface area contributed by atoms with Crippen molar-refractivity contribution in [2.45, 2.75) is 36.1 Å². The fourth-order valence-corrected chi connectivity index (χ4v) is 5.65. The largest absolute Gasteiger partial charge is 0.573 e. The van der Waals surface area contributed by atoms with Gasteiger partial charge < -0.3 is 20.4 Å². The summed E-state index contributed by atoms with van der Waals surface area (Å²) in [7, 11) is -3.91. The maximum atomic E-state index is 12.7. The second kappa shape index (κ2) is 10.5. The van der Waals surface area contributed by atoms with Crippen molar-refractivity contribution in [3.63, 3.8) is 0 Å². The number of anilines is 1. The van der Waals surface area contributed by atoms with Crippen LogP contribution in [0.1, 0.15) is 19.3 Å². The van der Waals surface area contributed by atoms with Crippen LogP contribution in [0.25, 0.3) is 10.8 Å². The number of halogens is 3. The highest BCUT2D eigenvalue weighted by Crippen LogP contribution is 2.36. The molecule has 5 rings (SSSR count). The zero-order valence-corrected chi connectivity index (χ0v) is 20.7. The molecule has 3 N–H and O–H groups in total. The van der Waals surface area contributed by atoms with E-state index in [0.29, 0.717) is 0 Å². The van der Waals surface area contributed by atoms with Crippen molar-refractivity contribution in [3.05, 3.63) is 66.7 Å². The van der Waals surface area contributed by atoms with E-state index in [1.54, 1.807) is 0 Å². The Morgan fingerprint density at radius 1 is 1.03 bits per heavy atom. The first-order chi connectivity index (χ1) is 17.9. The fourth-order valence-electron chi connectivity index (χ4n) is 4.21. The number of nitrogens with zero attached hydrogens (tertiary/aromatic N) is 2. The summed E-state index contributed by atoms with van der Waals surface area (Å²) in [5, 5.41) is 14.9. The molecule has 13 heteroatoms. The molecule has 0 aliphatic carbocycles. The third-order valence-electron chi connectivity index (χ3n) is 6.19. The molecule has 1 spiro atoms. The van der Waals surface area contributed by atoms with Crippen LogP contribution < -0.4 is 10.5 Å². The molecule has 2 aliphatic heterocycles. The SMILES string of the molecule is Nc1ccc2ccccc2c1.O=C(O)C1=NOC2(CCN(S(=O)(=O)c3ccc(OC(F)(F)F)cc3)CC2)C1. The van der Waals surface area contributed by atoms with Gasteiger partial charge in [-0.3, -0.25) is 0 Å². The van der Waals surface area contributed by atoms with E-state index in [1.807, 2.05) is 30.3 Å². The van der Waals surface area contributed by atoms with E-state index in [4.69, 9.17) is 15.7 Å². The Morgan fingerprint density at radius 3 is 2.24 bits per heavy atom. The third-order valence-corrected chi connectivity index (χ3v) is 8.10. The number of carboxylic acids is 1. The zero-order valence-electron chi connectivity index (χ0n) is 19.9. The lowest BCUT2D eigenvalue weighted by molar-refractivity contribution is -0.274. The van der Waals surface area contributed by atoms with Gasteiger partial charge in [-0.15, -0.1) is 13.2 Å². The second-order valence-electron chi connectivity index (χ2n) is 8.82. The Bertz CT molecular complexity index is 1450. The van der Waals surface area contributed by atoms with E-state index in [-0.39, 0.29) is 43.0 Å². The van der Waals surface area contributed by atoms with Gasteiger partial charge >= 0.3 is 12.3 Å². The average Bonchev–Trinajstić information content (AvgIpc) is 3.28. The van der Waals surface area contributed by atoms with Gasteiger partial charge in [0.05, 0.1) is 4.90 Å². The van der Waals surface area contributed by atoms with Gasteiger partial charge in [-0.25, -0.2) is 13.2 Å². The average molecular weight is 552 g/mol. The van der Waals surface area contributed by atoms with Crippen LogP contribution in [0.3, 0.4) is 0 Å². The van der Waals surface area contributed by atoms with E-state index >= 15 is 0 Å². The molecule has 1 saturated heterocycles. The predicted molar refractivity (Wildman–Crippen MR) is 133 cm³/mol. The molecular weight excluding hydrogens is 527 g/mol. The Kier molecular flexibility index (Phi) is 7.51. The molecule has 3 aromatic carbocycles. The summed E-state index contributed by atoms with van der Waals surface area (Å²) in [5.41, 5.74) is 5.51. The van der Waals surface area contributed by atoms with Gasteiger partial charge in [0.25, 0.3) is 0 Å². The molecule has 2 aliphatic rings. The van der Waals surface area contributed by atoms with Gasteiger partial charge in [-0.05, 0) is 47.2 Å². The number of hydrogen-bond acceptors (Lipinski definition) is 7. The first-order valence-corrected chi connectivity index (χ1v) is 12.9. The lowest BCUT2D eigenvalue weighted by Crippen LogP contribution is -2.47. The Morgan fingerprint density at radius 2 is 1.66 bits per heavy atom. The van der Waals surface area contributed by atoms with Crippen molar-refractivity contribution >= 4 is 38.2 Å². The second-order valence-corrected chi connectivity index (χ2v) is 10.8. The minimum Gasteiger partial charge on any atom is -0.477 e. The first-order valence-electron chi connectivity index (χ1n) is 11.5. The number of carbonyl (C=O) groups is 1. The summed E-state index contributed by atoms with van der Waals surface area (Å²) >= 11 is 0. The molecule has 9 nitrogen and oxygen atoms in total. The van der Waals surface area contributed by atoms with E-state index < -0.39 is 33.7 Å². The van der Waals surface area contributed by atoms with Gasteiger partial charge in [0, 0.05) is 38.0 Å². The van der Waals surface area contributed by atoms with Gasteiger partial charge in [-0.1, -0.05) is 35.5 Å². The molecular formula is C25H24F3N3O6S. The molecule has 0 aromatic heterocycles. The van der Waals surface area contributed by atoms with E-state index in [0.717, 1.165) is 30.0 Å². The van der Waals surface area contributed by atoms with Crippen molar-refractivity contribution in [1.29, 1.82) is 0 Å². The number of benzene rings is 3. The maximum Gasteiger partial charge on any atom is 0.573 e. The van der Waals surface area contributed by atoms with Crippen LogP contribution in [0, 0.1) is 0 Å². The summed E-state index contributed by atoms with van der Waals surface area (Å²) in [6, 6.07) is 18.1. The molecule has 0 unspecified atom stereocenters. The van der Waals surface area contributed by atoms with Crippen LogP contribution >= 0.6 is 0 Å². The summed E-state index contributed by atoms with van der Waals surface area (Å²) in [5.74, 6) is -1.69. The Labute approximate surface area is 216 Å². The number of aliphatic carboxylic acids is 1. The quantitative estimate of drug-likeness (QED) is 0.460. The number of alkyl halides is 3. The first kappa shape index (κ1) is 27.2. The molecule has 0 radical (unpaired) electrons. The molecule has 38 heavy (non-hydrogen) atoms. The number of ether oxygens (including phenoxy) is 1. The molecule has 3 aromatic rings. The lowest BCUT2D eigenvalue weighted by Gasteiger charge is -2.36. The highest BCUT2D eigenvalue weighted by molar-refractivity contribution is 7.89. The summed E-state index contributed by atoms with van der Waals surface area (Å²) in [6.45, 7) is 0.150. The minimum absolute atomic E-state index is 0.0750. The summed E-state index contributed by atoms with van der Waals surface area (Å²) < 4.78 is 66.8. The summed E-state index contributed by atoms with van der Waals surface area (Å²) in [4.78, 5) is 16.0. The van der Waals surface area contributed by atoms with Crippen LogP contribution in [0.15, 0.2) is 76.8 Å². The molecule has 2 heterocycles. The number of nitrogens with two attached hydrogens (primary N) is 1. The van der Waals surface area contributed by atoms with Crippen molar-refractivity contribution in [3.8, 4) is 5.75 Å². The number of carboxylic acid groups (broad SMARTS) is 1. The monoisotopic (exact) mass is 551 g/mol. The smallest absolute Gasteiger partial charge is 0.477 e. The number of rotatable bonds is 4. The zero-order chi connectivity index (χ0) is 27.6. The van der Waals surface area contributed by atoms with Crippen molar-refractivity contribution < 1.29 is 41.1 Å². The third kappa shape index (κ3) is 6.34.